The fraction of sp³-hybridized carbons (Fsp3) is 0.611. The van der Waals surface area contributed by atoms with Gasteiger partial charge >= 0.3 is 0 Å². The summed E-state index contributed by atoms with van der Waals surface area (Å²) in [5.74, 6) is -0.0945. The van der Waals surface area contributed by atoms with E-state index >= 15 is 0 Å². The Morgan fingerprint density at radius 2 is 0.744 bits per heavy atom. The molecule has 0 aliphatic rings. The van der Waals surface area contributed by atoms with E-state index in [0.717, 1.165) is 25.7 Å². The molecule has 0 fully saturated rings. The lowest BCUT2D eigenvalue weighted by atomic mass is 10.1. The van der Waals surface area contributed by atoms with Gasteiger partial charge in [0.2, 0.25) is 21.7 Å². The first kappa shape index (κ1) is 36.5. The van der Waals surface area contributed by atoms with Crippen molar-refractivity contribution in [3.63, 3.8) is 0 Å². The van der Waals surface area contributed by atoms with Crippen molar-refractivity contribution in [1.82, 2.24) is 0 Å². The minimum atomic E-state index is -3.72. The predicted molar refractivity (Wildman–Crippen MR) is 179 cm³/mol. The van der Waals surface area contributed by atoms with Crippen LogP contribution in [0, 0.1) is 0 Å². The van der Waals surface area contributed by atoms with Crippen LogP contribution in [0.4, 0.5) is 11.4 Å². The van der Waals surface area contributed by atoms with Crippen LogP contribution in [0.2, 0.25) is 0 Å². The first-order valence-corrected chi connectivity index (χ1v) is 18.4. The minimum absolute atomic E-state index is 0.0472. The molecule has 0 aliphatic heterocycles. The van der Waals surface area contributed by atoms with Gasteiger partial charge in [-0.1, -0.05) is 117 Å². The van der Waals surface area contributed by atoms with Crippen molar-refractivity contribution in [3.05, 3.63) is 48.5 Å². The van der Waals surface area contributed by atoms with Gasteiger partial charge in [0.15, 0.2) is 0 Å². The van der Waals surface area contributed by atoms with Crippen molar-refractivity contribution in [3.8, 4) is 0 Å². The number of hydrogen-bond donors (Lipinski definition) is 2. The Kier molecular flexibility index (Phi) is 18.6. The zero-order valence-electron chi connectivity index (χ0n) is 26.8. The summed E-state index contributed by atoms with van der Waals surface area (Å²) >= 11 is 0. The number of nitrogens with one attached hydrogen (secondary N) is 2. The summed E-state index contributed by atoms with van der Waals surface area (Å²) in [4.78, 5) is 24.9. The Labute approximate surface area is 261 Å². The van der Waals surface area contributed by atoms with E-state index in [0.29, 0.717) is 24.2 Å². The van der Waals surface area contributed by atoms with Crippen molar-refractivity contribution in [2.24, 2.45) is 0 Å². The van der Waals surface area contributed by atoms with E-state index in [9.17, 15) is 18.0 Å². The van der Waals surface area contributed by atoms with Crippen molar-refractivity contribution < 1.29 is 18.0 Å². The van der Waals surface area contributed by atoms with Crippen LogP contribution in [0.25, 0.3) is 0 Å². The summed E-state index contributed by atoms with van der Waals surface area (Å²) < 4.78 is 26.3. The molecule has 7 heteroatoms. The minimum Gasteiger partial charge on any atom is -0.326 e. The molecule has 0 heterocycles. The predicted octanol–water partition coefficient (Wildman–Crippen LogP) is 10.2. The van der Waals surface area contributed by atoms with Crippen LogP contribution in [0.15, 0.2) is 58.3 Å². The van der Waals surface area contributed by atoms with Crippen LogP contribution in [0.5, 0.6) is 0 Å². The first-order chi connectivity index (χ1) is 20.9. The number of carbonyl (C=O) groups is 2. The number of rotatable bonds is 24. The topological polar surface area (TPSA) is 92.3 Å². The molecule has 0 bridgehead atoms. The van der Waals surface area contributed by atoms with Gasteiger partial charge in [0.05, 0.1) is 9.79 Å². The number of hydrogen-bond acceptors (Lipinski definition) is 4. The Balaban J connectivity index is 1.70. The molecule has 43 heavy (non-hydrogen) atoms. The standard InChI is InChI=1S/C36H56N2O4S/c1-3-5-7-9-11-13-15-17-19-21-35(39)37-31-23-27-33(28-24-31)43(41,42)34-29-25-32(26-30-34)38-36(40)22-20-18-16-14-12-10-8-6-4-2/h23-30H,3-22H2,1-2H3,(H,37,39)(H,38,40). The lowest BCUT2D eigenvalue weighted by molar-refractivity contribution is -0.117. The summed E-state index contributed by atoms with van der Waals surface area (Å²) in [7, 11) is -3.72. The summed E-state index contributed by atoms with van der Waals surface area (Å²) in [6, 6.07) is 12.6. The second-order valence-corrected chi connectivity index (χ2v) is 13.8. The Morgan fingerprint density at radius 1 is 0.465 bits per heavy atom. The van der Waals surface area contributed by atoms with E-state index in [1.165, 1.54) is 114 Å². The van der Waals surface area contributed by atoms with Gasteiger partial charge in [-0.05, 0) is 61.4 Å². The Bertz CT molecular complexity index is 1060. The van der Waals surface area contributed by atoms with Gasteiger partial charge in [0.1, 0.15) is 0 Å². The third kappa shape index (κ3) is 15.6. The maximum atomic E-state index is 13.1. The third-order valence-corrected chi connectivity index (χ3v) is 9.70. The highest BCUT2D eigenvalue weighted by atomic mass is 32.2. The van der Waals surface area contributed by atoms with Crippen LogP contribution in [0.1, 0.15) is 142 Å². The molecule has 6 nitrogen and oxygen atoms in total. The second kappa shape index (κ2) is 21.9. The molecule has 0 saturated heterocycles. The smallest absolute Gasteiger partial charge is 0.224 e. The van der Waals surface area contributed by atoms with Crippen molar-refractivity contribution in [2.45, 2.75) is 152 Å². The summed E-state index contributed by atoms with van der Waals surface area (Å²) in [5.41, 5.74) is 1.18. The maximum Gasteiger partial charge on any atom is 0.224 e. The quantitative estimate of drug-likeness (QED) is 0.115. The molecule has 0 radical (unpaired) electrons. The molecule has 2 N–H and O–H groups in total. The highest BCUT2D eigenvalue weighted by molar-refractivity contribution is 7.91. The largest absolute Gasteiger partial charge is 0.326 e. The van der Waals surface area contributed by atoms with E-state index in [2.05, 4.69) is 24.5 Å². The van der Waals surface area contributed by atoms with Crippen molar-refractivity contribution in [1.29, 1.82) is 0 Å². The fourth-order valence-electron chi connectivity index (χ4n) is 5.21. The first-order valence-electron chi connectivity index (χ1n) is 16.9. The van der Waals surface area contributed by atoms with Gasteiger partial charge in [-0.25, -0.2) is 8.42 Å². The molecule has 240 valence electrons. The molecule has 0 saturated carbocycles. The average Bonchev–Trinajstić information content (AvgIpc) is 3.00. The van der Waals surface area contributed by atoms with E-state index in [-0.39, 0.29) is 21.6 Å². The number of unbranched alkanes of at least 4 members (excludes halogenated alkanes) is 16. The van der Waals surface area contributed by atoms with Crippen molar-refractivity contribution >= 4 is 33.0 Å². The molecule has 0 aromatic heterocycles. The fourth-order valence-corrected chi connectivity index (χ4v) is 6.47. The number of benzene rings is 2. The zero-order chi connectivity index (χ0) is 31.2. The van der Waals surface area contributed by atoms with E-state index in [4.69, 9.17) is 0 Å². The lowest BCUT2D eigenvalue weighted by Gasteiger charge is -2.09. The lowest BCUT2D eigenvalue weighted by Crippen LogP contribution is -2.11. The number of sulfone groups is 1. The van der Waals surface area contributed by atoms with Gasteiger partial charge in [0, 0.05) is 24.2 Å². The van der Waals surface area contributed by atoms with Gasteiger partial charge < -0.3 is 10.6 Å². The average molecular weight is 613 g/mol. The SMILES string of the molecule is CCCCCCCCCCCC(=O)Nc1ccc(S(=O)(=O)c2ccc(NC(=O)CCCCCCCCCCC)cc2)cc1. The van der Waals surface area contributed by atoms with Crippen molar-refractivity contribution in [2.75, 3.05) is 10.6 Å². The Hall–Kier alpha value is -2.67. The molecule has 0 aliphatic carbocycles. The summed E-state index contributed by atoms with van der Waals surface area (Å²) in [6.07, 6.45) is 22.6. The maximum absolute atomic E-state index is 13.1. The summed E-state index contributed by atoms with van der Waals surface area (Å²) in [5, 5.41) is 5.74. The monoisotopic (exact) mass is 612 g/mol. The molecular formula is C36H56N2O4S. The Morgan fingerprint density at radius 3 is 1.05 bits per heavy atom. The molecule has 2 aromatic rings. The normalized spacial score (nSPS) is 11.4. The van der Waals surface area contributed by atoms with Crippen LogP contribution in [-0.4, -0.2) is 20.2 Å². The van der Waals surface area contributed by atoms with Crippen LogP contribution < -0.4 is 10.6 Å². The molecule has 0 spiro atoms. The zero-order valence-corrected chi connectivity index (χ0v) is 27.6. The molecule has 0 unspecified atom stereocenters. The van der Waals surface area contributed by atoms with Crippen LogP contribution in [0.3, 0.4) is 0 Å². The molecule has 2 amide bonds. The van der Waals surface area contributed by atoms with Gasteiger partial charge in [-0.3, -0.25) is 9.59 Å². The van der Waals surface area contributed by atoms with Crippen LogP contribution >= 0.6 is 0 Å². The summed E-state index contributed by atoms with van der Waals surface area (Å²) in [6.45, 7) is 4.45. The number of anilines is 2. The number of carbonyl (C=O) groups excluding carboxylic acids is 2. The van der Waals surface area contributed by atoms with E-state index in [1.807, 2.05) is 0 Å². The highest BCUT2D eigenvalue weighted by Gasteiger charge is 2.18. The third-order valence-electron chi connectivity index (χ3n) is 7.91. The second-order valence-electron chi connectivity index (χ2n) is 11.8. The van der Waals surface area contributed by atoms with Gasteiger partial charge in [0.25, 0.3) is 0 Å². The molecule has 2 aromatic carbocycles. The molecular weight excluding hydrogens is 556 g/mol. The van der Waals surface area contributed by atoms with Gasteiger partial charge in [-0.15, -0.1) is 0 Å². The number of amides is 2. The highest BCUT2D eigenvalue weighted by Crippen LogP contribution is 2.24. The van der Waals surface area contributed by atoms with Crippen LogP contribution in [-0.2, 0) is 19.4 Å². The molecule has 2 rings (SSSR count). The van der Waals surface area contributed by atoms with E-state index in [1.54, 1.807) is 24.3 Å². The van der Waals surface area contributed by atoms with E-state index < -0.39 is 9.84 Å². The van der Waals surface area contributed by atoms with Gasteiger partial charge in [-0.2, -0.15) is 0 Å². The molecule has 0 atom stereocenters.